The first-order valence-corrected chi connectivity index (χ1v) is 7.26. The molecule has 0 fully saturated rings. The fourth-order valence-electron chi connectivity index (χ4n) is 1.83. The van der Waals surface area contributed by atoms with Gasteiger partial charge in [0.1, 0.15) is 0 Å². The predicted octanol–water partition coefficient (Wildman–Crippen LogP) is 1.46. The van der Waals surface area contributed by atoms with Gasteiger partial charge in [0.2, 0.25) is 0 Å². The van der Waals surface area contributed by atoms with Crippen LogP contribution >= 0.6 is 12.2 Å². The van der Waals surface area contributed by atoms with Crippen molar-refractivity contribution in [3.05, 3.63) is 29.6 Å². The number of aromatic nitrogens is 1. The predicted molar refractivity (Wildman–Crippen MR) is 87.8 cm³/mol. The summed E-state index contributed by atoms with van der Waals surface area (Å²) in [5, 5.41) is 3.51. The average Bonchev–Trinajstić information content (AvgIpc) is 2.42. The molecule has 0 amide bonds. The maximum absolute atomic E-state index is 5.88. The number of nitrogens with one attached hydrogen (secondary N) is 1. The van der Waals surface area contributed by atoms with Gasteiger partial charge in [-0.3, -0.25) is 4.98 Å². The van der Waals surface area contributed by atoms with E-state index in [-0.39, 0.29) is 0 Å². The number of hydrogen-bond acceptors (Lipinski definition) is 2. The standard InChI is InChI=1S/C14H23N5S/c1-4-19(5-2)13(15)18-14(20)17-10-8-12-11(3)7-6-9-16-12/h6-7,9H,4-5,8,10H2,1-3H3,(H3,15,17,18,20). The van der Waals surface area contributed by atoms with Gasteiger partial charge < -0.3 is 16.0 Å². The van der Waals surface area contributed by atoms with Crippen molar-refractivity contribution in [2.24, 2.45) is 10.7 Å². The van der Waals surface area contributed by atoms with E-state index < -0.39 is 0 Å². The second-order valence-electron chi connectivity index (χ2n) is 4.39. The number of nitrogens with two attached hydrogens (primary N) is 1. The fourth-order valence-corrected chi connectivity index (χ4v) is 2.03. The van der Waals surface area contributed by atoms with Crippen LogP contribution in [0.4, 0.5) is 0 Å². The molecule has 1 rings (SSSR count). The molecular formula is C14H23N5S. The number of pyridine rings is 1. The lowest BCUT2D eigenvalue weighted by Gasteiger charge is -2.19. The van der Waals surface area contributed by atoms with Crippen molar-refractivity contribution in [1.82, 2.24) is 15.2 Å². The number of aliphatic imine (C=N–C) groups is 1. The molecule has 0 aliphatic carbocycles. The highest BCUT2D eigenvalue weighted by molar-refractivity contribution is 7.80. The fraction of sp³-hybridized carbons (Fsp3) is 0.500. The van der Waals surface area contributed by atoms with Gasteiger partial charge in [-0.25, -0.2) is 0 Å². The molecule has 110 valence electrons. The van der Waals surface area contributed by atoms with Crippen molar-refractivity contribution >= 4 is 23.3 Å². The van der Waals surface area contributed by atoms with Crippen LogP contribution in [-0.2, 0) is 6.42 Å². The van der Waals surface area contributed by atoms with Gasteiger partial charge in [0.15, 0.2) is 11.1 Å². The molecule has 0 unspecified atom stereocenters. The summed E-state index contributed by atoms with van der Waals surface area (Å²) >= 11 is 5.17. The van der Waals surface area contributed by atoms with E-state index in [4.69, 9.17) is 18.0 Å². The van der Waals surface area contributed by atoms with Crippen LogP contribution in [0.15, 0.2) is 23.3 Å². The molecule has 0 bridgehead atoms. The Labute approximate surface area is 126 Å². The van der Waals surface area contributed by atoms with Crippen LogP contribution in [-0.4, -0.2) is 40.6 Å². The molecule has 0 aliphatic heterocycles. The van der Waals surface area contributed by atoms with Gasteiger partial charge in [0.25, 0.3) is 0 Å². The van der Waals surface area contributed by atoms with Crippen molar-refractivity contribution < 1.29 is 0 Å². The molecular weight excluding hydrogens is 270 g/mol. The smallest absolute Gasteiger partial charge is 0.198 e. The first kappa shape index (κ1) is 16.4. The van der Waals surface area contributed by atoms with E-state index in [1.165, 1.54) is 5.56 Å². The van der Waals surface area contributed by atoms with Crippen molar-refractivity contribution in [2.45, 2.75) is 27.2 Å². The van der Waals surface area contributed by atoms with Gasteiger partial charge in [-0.1, -0.05) is 6.07 Å². The number of thiocarbonyl (C=S) groups is 1. The second kappa shape index (κ2) is 8.47. The Hall–Kier alpha value is -1.69. The molecule has 5 nitrogen and oxygen atoms in total. The van der Waals surface area contributed by atoms with Gasteiger partial charge in [0.05, 0.1) is 0 Å². The van der Waals surface area contributed by atoms with Gasteiger partial charge >= 0.3 is 0 Å². The van der Waals surface area contributed by atoms with Crippen LogP contribution in [0, 0.1) is 6.92 Å². The largest absolute Gasteiger partial charge is 0.369 e. The quantitative estimate of drug-likeness (QED) is 0.489. The van der Waals surface area contributed by atoms with Gasteiger partial charge in [-0.2, -0.15) is 4.99 Å². The summed E-state index contributed by atoms with van der Waals surface area (Å²) in [5.74, 6) is 0.460. The van der Waals surface area contributed by atoms with E-state index in [0.717, 1.165) is 25.2 Å². The zero-order valence-electron chi connectivity index (χ0n) is 12.4. The minimum absolute atomic E-state index is 0.419. The average molecular weight is 293 g/mol. The molecule has 0 saturated heterocycles. The molecule has 0 radical (unpaired) electrons. The third kappa shape index (κ3) is 5.13. The SMILES string of the molecule is CCN(CC)C(N)=NC(=S)NCCc1ncccc1C. The highest BCUT2D eigenvalue weighted by Gasteiger charge is 2.04. The Kier molecular flexibility index (Phi) is 6.93. The first-order chi connectivity index (χ1) is 9.58. The Morgan fingerprint density at radius 3 is 2.75 bits per heavy atom. The van der Waals surface area contributed by atoms with Crippen molar-refractivity contribution in [3.63, 3.8) is 0 Å². The molecule has 0 atom stereocenters. The molecule has 6 heteroatoms. The van der Waals surface area contributed by atoms with E-state index in [1.807, 2.05) is 24.8 Å². The summed E-state index contributed by atoms with van der Waals surface area (Å²) in [4.78, 5) is 10.5. The maximum atomic E-state index is 5.88. The van der Waals surface area contributed by atoms with E-state index in [9.17, 15) is 0 Å². The maximum Gasteiger partial charge on any atom is 0.198 e. The molecule has 1 aromatic heterocycles. The number of aryl methyl sites for hydroxylation is 1. The Morgan fingerprint density at radius 1 is 1.45 bits per heavy atom. The zero-order chi connectivity index (χ0) is 15.0. The lowest BCUT2D eigenvalue weighted by Crippen LogP contribution is -2.38. The van der Waals surface area contributed by atoms with Crippen LogP contribution < -0.4 is 11.1 Å². The van der Waals surface area contributed by atoms with Gasteiger partial charge in [0, 0.05) is 37.9 Å². The summed E-state index contributed by atoms with van der Waals surface area (Å²) in [6, 6.07) is 3.99. The van der Waals surface area contributed by atoms with Crippen LogP contribution in [0.5, 0.6) is 0 Å². The van der Waals surface area contributed by atoms with Crippen LogP contribution in [0.2, 0.25) is 0 Å². The summed E-state index contributed by atoms with van der Waals surface area (Å²) in [5.41, 5.74) is 8.14. The Morgan fingerprint density at radius 2 is 2.15 bits per heavy atom. The van der Waals surface area contributed by atoms with Crippen LogP contribution in [0.25, 0.3) is 0 Å². The van der Waals surface area contributed by atoms with Crippen molar-refractivity contribution in [2.75, 3.05) is 19.6 Å². The molecule has 3 N–H and O–H groups in total. The van der Waals surface area contributed by atoms with E-state index >= 15 is 0 Å². The number of nitrogens with zero attached hydrogens (tertiary/aromatic N) is 3. The minimum atomic E-state index is 0.419. The van der Waals surface area contributed by atoms with Crippen LogP contribution in [0.3, 0.4) is 0 Å². The highest BCUT2D eigenvalue weighted by atomic mass is 32.1. The summed E-state index contributed by atoms with van der Waals surface area (Å²) < 4.78 is 0. The van der Waals surface area contributed by atoms with Crippen molar-refractivity contribution in [1.29, 1.82) is 0 Å². The Balaban J connectivity index is 2.44. The van der Waals surface area contributed by atoms with Gasteiger partial charge in [-0.15, -0.1) is 0 Å². The molecule has 1 aromatic rings. The first-order valence-electron chi connectivity index (χ1n) is 6.85. The molecule has 1 heterocycles. The highest BCUT2D eigenvalue weighted by Crippen LogP contribution is 2.02. The Bertz CT molecular complexity index is 468. The third-order valence-corrected chi connectivity index (χ3v) is 3.30. The number of guanidine groups is 1. The number of rotatable bonds is 5. The molecule has 0 aromatic carbocycles. The minimum Gasteiger partial charge on any atom is -0.369 e. The lowest BCUT2D eigenvalue weighted by molar-refractivity contribution is 0.461. The summed E-state index contributed by atoms with van der Waals surface area (Å²) in [6.45, 7) is 8.46. The second-order valence-corrected chi connectivity index (χ2v) is 4.78. The zero-order valence-corrected chi connectivity index (χ0v) is 13.2. The van der Waals surface area contributed by atoms with E-state index in [0.29, 0.717) is 17.6 Å². The topological polar surface area (TPSA) is 66.5 Å². The number of hydrogen-bond donors (Lipinski definition) is 2. The molecule has 0 aliphatic rings. The van der Waals surface area contributed by atoms with Gasteiger partial charge in [-0.05, 0) is 44.6 Å². The summed E-state index contributed by atoms with van der Waals surface area (Å²) in [6.07, 6.45) is 2.62. The molecule has 20 heavy (non-hydrogen) atoms. The van der Waals surface area contributed by atoms with Crippen LogP contribution in [0.1, 0.15) is 25.1 Å². The van der Waals surface area contributed by atoms with Crippen molar-refractivity contribution in [3.8, 4) is 0 Å². The normalized spacial score (nSPS) is 11.2. The molecule has 0 spiro atoms. The monoisotopic (exact) mass is 293 g/mol. The molecule has 0 saturated carbocycles. The van der Waals surface area contributed by atoms with E-state index in [1.54, 1.807) is 6.20 Å². The lowest BCUT2D eigenvalue weighted by atomic mass is 10.2. The summed E-state index contributed by atoms with van der Waals surface area (Å²) in [7, 11) is 0. The third-order valence-electron chi connectivity index (χ3n) is 3.06. The van der Waals surface area contributed by atoms with E-state index in [2.05, 4.69) is 28.3 Å².